The first-order valence-electron chi connectivity index (χ1n) is 8.94. The maximum atomic E-state index is 13.3. The standard InChI is InChI=1S/C22H12BrFN2O3S/c23-14-3-6-18-13(7-14)8-19(29-18)17(27)9-26-11-25-21-20(22(26)28)16(10-30-21)12-1-4-15(24)5-2-12/h1-8,10-11H,9H2. The minimum absolute atomic E-state index is 0.180. The van der Waals surface area contributed by atoms with Crippen LogP contribution in [0.5, 0.6) is 0 Å². The molecule has 3 aromatic heterocycles. The van der Waals surface area contributed by atoms with E-state index in [1.807, 2.05) is 17.5 Å². The molecule has 3 heterocycles. The largest absolute Gasteiger partial charge is 0.453 e. The lowest BCUT2D eigenvalue weighted by atomic mass is 10.1. The summed E-state index contributed by atoms with van der Waals surface area (Å²) >= 11 is 4.72. The fraction of sp³-hybridized carbons (Fsp3) is 0.0455. The molecule has 30 heavy (non-hydrogen) atoms. The van der Waals surface area contributed by atoms with E-state index in [-0.39, 0.29) is 29.5 Å². The Balaban J connectivity index is 1.53. The van der Waals surface area contributed by atoms with Gasteiger partial charge in [0.2, 0.25) is 5.78 Å². The van der Waals surface area contributed by atoms with Crippen LogP contribution < -0.4 is 5.56 Å². The molecule has 2 aromatic carbocycles. The number of benzene rings is 2. The highest BCUT2D eigenvalue weighted by Gasteiger charge is 2.17. The summed E-state index contributed by atoms with van der Waals surface area (Å²) in [5, 5.41) is 3.02. The predicted octanol–water partition coefficient (Wildman–Crippen LogP) is 5.66. The summed E-state index contributed by atoms with van der Waals surface area (Å²) in [6.07, 6.45) is 1.37. The van der Waals surface area contributed by atoms with Gasteiger partial charge < -0.3 is 4.42 Å². The highest BCUT2D eigenvalue weighted by atomic mass is 79.9. The highest BCUT2D eigenvalue weighted by Crippen LogP contribution is 2.30. The van der Waals surface area contributed by atoms with Crippen LogP contribution in [0.25, 0.3) is 32.3 Å². The Labute approximate surface area is 181 Å². The van der Waals surface area contributed by atoms with E-state index in [1.54, 1.807) is 24.3 Å². The van der Waals surface area contributed by atoms with Gasteiger partial charge in [0.25, 0.3) is 5.56 Å². The highest BCUT2D eigenvalue weighted by molar-refractivity contribution is 9.10. The fourth-order valence-electron chi connectivity index (χ4n) is 3.31. The molecule has 0 bridgehead atoms. The van der Waals surface area contributed by atoms with Crippen LogP contribution >= 0.6 is 27.3 Å². The monoisotopic (exact) mass is 482 g/mol. The van der Waals surface area contributed by atoms with Gasteiger partial charge in [0, 0.05) is 20.8 Å². The zero-order valence-corrected chi connectivity index (χ0v) is 17.7. The summed E-state index contributed by atoms with van der Waals surface area (Å²) in [6.45, 7) is -0.193. The van der Waals surface area contributed by atoms with Crippen molar-refractivity contribution in [3.63, 3.8) is 0 Å². The fourth-order valence-corrected chi connectivity index (χ4v) is 4.59. The Morgan fingerprint density at radius 1 is 1.17 bits per heavy atom. The number of carbonyl (C=O) groups is 1. The molecule has 0 N–H and O–H groups in total. The summed E-state index contributed by atoms with van der Waals surface area (Å²) in [6, 6.07) is 13.0. The number of aromatic nitrogens is 2. The Bertz CT molecular complexity index is 1480. The molecule has 0 aliphatic heterocycles. The first-order valence-corrected chi connectivity index (χ1v) is 10.6. The molecule has 0 saturated carbocycles. The van der Waals surface area contributed by atoms with E-state index in [9.17, 15) is 14.0 Å². The zero-order chi connectivity index (χ0) is 20.8. The van der Waals surface area contributed by atoms with Crippen molar-refractivity contribution in [3.05, 3.63) is 86.6 Å². The van der Waals surface area contributed by atoms with Gasteiger partial charge in [0.05, 0.1) is 18.3 Å². The van der Waals surface area contributed by atoms with Gasteiger partial charge in [-0.1, -0.05) is 28.1 Å². The van der Waals surface area contributed by atoms with E-state index in [2.05, 4.69) is 20.9 Å². The summed E-state index contributed by atoms with van der Waals surface area (Å²) in [5.74, 6) is -0.499. The smallest absolute Gasteiger partial charge is 0.263 e. The van der Waals surface area contributed by atoms with Crippen molar-refractivity contribution < 1.29 is 13.6 Å². The Kier molecular flexibility index (Phi) is 4.60. The Morgan fingerprint density at radius 2 is 1.97 bits per heavy atom. The van der Waals surface area contributed by atoms with E-state index in [0.717, 1.165) is 9.86 Å². The number of carbonyl (C=O) groups excluding carboxylic acids is 1. The van der Waals surface area contributed by atoms with Crippen LogP contribution in [0, 0.1) is 5.82 Å². The second-order valence-electron chi connectivity index (χ2n) is 6.73. The van der Waals surface area contributed by atoms with Crippen molar-refractivity contribution >= 4 is 54.2 Å². The van der Waals surface area contributed by atoms with E-state index < -0.39 is 0 Å². The SMILES string of the molecule is O=C(Cn1cnc2scc(-c3ccc(F)cc3)c2c1=O)c1cc2cc(Br)ccc2o1. The van der Waals surface area contributed by atoms with Gasteiger partial charge in [0.1, 0.15) is 16.2 Å². The van der Waals surface area contributed by atoms with Gasteiger partial charge in [0.15, 0.2) is 5.76 Å². The number of hydrogen-bond acceptors (Lipinski definition) is 5. The van der Waals surface area contributed by atoms with Crippen LogP contribution in [0.3, 0.4) is 0 Å². The summed E-state index contributed by atoms with van der Waals surface area (Å²) in [4.78, 5) is 30.7. The third-order valence-electron chi connectivity index (χ3n) is 4.78. The van der Waals surface area contributed by atoms with Crippen LogP contribution in [-0.4, -0.2) is 15.3 Å². The molecule has 0 aliphatic rings. The average Bonchev–Trinajstić information content (AvgIpc) is 3.35. The normalized spacial score (nSPS) is 11.4. The summed E-state index contributed by atoms with van der Waals surface area (Å²) < 4.78 is 21.1. The van der Waals surface area contributed by atoms with Crippen molar-refractivity contribution in [2.75, 3.05) is 0 Å². The molecular formula is C22H12BrFN2O3S. The minimum atomic E-state index is -0.350. The maximum Gasteiger partial charge on any atom is 0.263 e. The van der Waals surface area contributed by atoms with Gasteiger partial charge in [-0.2, -0.15) is 0 Å². The van der Waals surface area contributed by atoms with E-state index in [0.29, 0.717) is 26.9 Å². The van der Waals surface area contributed by atoms with Gasteiger partial charge in [-0.3, -0.25) is 14.2 Å². The van der Waals surface area contributed by atoms with Crippen molar-refractivity contribution in [2.45, 2.75) is 6.54 Å². The lowest BCUT2D eigenvalue weighted by Gasteiger charge is -2.05. The molecule has 148 valence electrons. The second-order valence-corrected chi connectivity index (χ2v) is 8.50. The first-order chi connectivity index (χ1) is 14.5. The molecule has 0 fully saturated rings. The number of ketones is 1. The van der Waals surface area contributed by atoms with Crippen LogP contribution in [0.4, 0.5) is 4.39 Å². The molecule has 8 heteroatoms. The number of halogens is 2. The van der Waals surface area contributed by atoms with Crippen LogP contribution in [0.1, 0.15) is 10.6 Å². The molecule has 5 rings (SSSR count). The quantitative estimate of drug-likeness (QED) is 0.310. The molecule has 0 radical (unpaired) electrons. The van der Waals surface area contributed by atoms with Crippen LogP contribution in [0.15, 0.2) is 73.9 Å². The Hall–Kier alpha value is -3.10. The van der Waals surface area contributed by atoms with Gasteiger partial charge in [-0.15, -0.1) is 11.3 Å². The van der Waals surface area contributed by atoms with E-state index in [1.165, 1.54) is 34.4 Å². The number of furan rings is 1. The van der Waals surface area contributed by atoms with E-state index in [4.69, 9.17) is 4.42 Å². The second kappa shape index (κ2) is 7.30. The number of hydrogen-bond donors (Lipinski definition) is 0. The number of nitrogens with zero attached hydrogens (tertiary/aromatic N) is 2. The van der Waals surface area contributed by atoms with Crippen molar-refractivity contribution in [3.8, 4) is 11.1 Å². The molecule has 0 saturated heterocycles. The maximum absolute atomic E-state index is 13.3. The molecular weight excluding hydrogens is 471 g/mol. The topological polar surface area (TPSA) is 65.1 Å². The number of thiophene rings is 1. The third-order valence-corrected chi connectivity index (χ3v) is 6.16. The van der Waals surface area contributed by atoms with Crippen molar-refractivity contribution in [1.29, 1.82) is 0 Å². The lowest BCUT2D eigenvalue weighted by molar-refractivity contribution is 0.0945. The van der Waals surface area contributed by atoms with Gasteiger partial charge >= 0.3 is 0 Å². The summed E-state index contributed by atoms with van der Waals surface area (Å²) in [5.41, 5.74) is 1.66. The van der Waals surface area contributed by atoms with Crippen LogP contribution in [-0.2, 0) is 6.54 Å². The van der Waals surface area contributed by atoms with E-state index >= 15 is 0 Å². The third kappa shape index (κ3) is 3.28. The number of rotatable bonds is 4. The summed E-state index contributed by atoms with van der Waals surface area (Å²) in [7, 11) is 0. The zero-order valence-electron chi connectivity index (χ0n) is 15.3. The number of fused-ring (bicyclic) bond motifs is 2. The number of Topliss-reactive ketones (excluding diaryl/α,β-unsaturated/α-hetero) is 1. The molecule has 0 spiro atoms. The molecule has 0 unspecified atom stereocenters. The molecule has 5 nitrogen and oxygen atoms in total. The van der Waals surface area contributed by atoms with Gasteiger partial charge in [-0.05, 0) is 42.0 Å². The predicted molar refractivity (Wildman–Crippen MR) is 118 cm³/mol. The van der Waals surface area contributed by atoms with Crippen molar-refractivity contribution in [1.82, 2.24) is 9.55 Å². The van der Waals surface area contributed by atoms with Crippen LogP contribution in [0.2, 0.25) is 0 Å². The lowest BCUT2D eigenvalue weighted by Crippen LogP contribution is -2.24. The minimum Gasteiger partial charge on any atom is -0.453 e. The molecule has 5 aromatic rings. The molecule has 0 amide bonds. The Morgan fingerprint density at radius 3 is 2.77 bits per heavy atom. The average molecular weight is 483 g/mol. The first kappa shape index (κ1) is 18.9. The molecule has 0 aliphatic carbocycles. The molecule has 0 atom stereocenters. The van der Waals surface area contributed by atoms with Crippen molar-refractivity contribution in [2.24, 2.45) is 0 Å². The van der Waals surface area contributed by atoms with Gasteiger partial charge in [-0.25, -0.2) is 9.37 Å².